The number of fused-ring (bicyclic) bond motifs is 1. The molecule has 1 heterocycles. The van der Waals surface area contributed by atoms with Crippen LogP contribution < -0.4 is 13.8 Å². The topological polar surface area (TPSA) is 71.1 Å². The highest BCUT2D eigenvalue weighted by Gasteiger charge is 2.33. The van der Waals surface area contributed by atoms with Crippen LogP contribution in [0.4, 0.5) is 0 Å². The second-order valence-corrected chi connectivity index (χ2v) is 19.2. The minimum Gasteiger partial charge on any atom is -0.493 e. The second kappa shape index (κ2) is 13.1. The maximum atomic E-state index is 14.1. The molecule has 218 valence electrons. The third-order valence-electron chi connectivity index (χ3n) is 7.15. The molecule has 0 saturated carbocycles. The maximum absolute atomic E-state index is 14.1. The minimum absolute atomic E-state index is 0.107. The van der Waals surface area contributed by atoms with E-state index in [0.29, 0.717) is 35.8 Å². The normalized spacial score (nSPS) is 13.5. The molecule has 0 N–H and O–H groups in total. The molecule has 0 aliphatic carbocycles. The van der Waals surface area contributed by atoms with Gasteiger partial charge in [0.25, 0.3) is 0 Å². The summed E-state index contributed by atoms with van der Waals surface area (Å²) in [6.45, 7) is 13.9. The van der Waals surface area contributed by atoms with Gasteiger partial charge < -0.3 is 18.5 Å². The van der Waals surface area contributed by atoms with Crippen LogP contribution in [-0.4, -0.2) is 26.8 Å². The zero-order valence-corrected chi connectivity index (χ0v) is 26.9. The van der Waals surface area contributed by atoms with Gasteiger partial charge in [0.1, 0.15) is 29.4 Å². The Balaban J connectivity index is 1.66. The molecule has 0 aromatic heterocycles. The second-order valence-electron chi connectivity index (χ2n) is 11.7. The van der Waals surface area contributed by atoms with E-state index >= 15 is 0 Å². The van der Waals surface area contributed by atoms with Crippen molar-refractivity contribution in [3.8, 4) is 17.2 Å². The minimum atomic E-state index is -3.61. The lowest BCUT2D eigenvalue weighted by Crippen LogP contribution is -2.23. The van der Waals surface area contributed by atoms with Crippen LogP contribution in [0.15, 0.2) is 72.3 Å². The molecule has 0 amide bonds. The third kappa shape index (κ3) is 7.93. The summed E-state index contributed by atoms with van der Waals surface area (Å²) in [5.41, 5.74) is 5.57. The van der Waals surface area contributed by atoms with E-state index in [-0.39, 0.29) is 18.7 Å². The van der Waals surface area contributed by atoms with Crippen molar-refractivity contribution in [3.05, 3.63) is 100 Å². The van der Waals surface area contributed by atoms with E-state index in [1.807, 2.05) is 49.4 Å². The summed E-state index contributed by atoms with van der Waals surface area (Å²) < 4.78 is 37.9. The lowest BCUT2D eigenvalue weighted by Gasteiger charge is -2.22. The average molecular weight is 593 g/mol. The van der Waals surface area contributed by atoms with Gasteiger partial charge in [-0.25, -0.2) is 9.36 Å². The summed E-state index contributed by atoms with van der Waals surface area (Å²) in [6.07, 6.45) is 3.47. The van der Waals surface area contributed by atoms with Crippen LogP contribution in [0.25, 0.3) is 0 Å². The molecule has 3 aromatic carbocycles. The zero-order chi connectivity index (χ0) is 29.6. The van der Waals surface area contributed by atoms with Crippen molar-refractivity contribution in [1.29, 1.82) is 0 Å². The Hall–Kier alpha value is -3.28. The molecule has 41 heavy (non-hydrogen) atoms. The third-order valence-corrected chi connectivity index (χ3v) is 10.7. The highest BCUT2D eigenvalue weighted by Crippen LogP contribution is 2.50. The van der Waals surface area contributed by atoms with Crippen molar-refractivity contribution in [2.75, 3.05) is 12.8 Å². The maximum Gasteiger partial charge on any atom is 0.434 e. The number of carbonyl (C=O) groups is 1. The van der Waals surface area contributed by atoms with Gasteiger partial charge >= 0.3 is 13.6 Å². The first-order valence-electron chi connectivity index (χ1n) is 14.2. The number of cyclic esters (lactones) is 1. The molecular formula is C33H41O6PSi. The molecule has 0 bridgehead atoms. The lowest BCUT2D eigenvalue weighted by molar-refractivity contribution is 0.0532. The highest BCUT2D eigenvalue weighted by molar-refractivity contribution is 7.54. The Morgan fingerprint density at radius 1 is 0.976 bits per heavy atom. The number of allylic oxidation sites excluding steroid dienone is 2. The summed E-state index contributed by atoms with van der Waals surface area (Å²) in [5, 5.41) is 0. The predicted molar refractivity (Wildman–Crippen MR) is 167 cm³/mol. The standard InChI is InChI=1S/C33H41O6PSi/c1-7-28-25(3)30-22-37-33(34)31(30)32(36-20-21-41(4,5)6)29(28)19-18-24(2)23-40(35,38-26-14-10-8-11-15-26)39-27-16-12-9-13-17-27/h8-18H,7,19-23H2,1-6H3. The van der Waals surface area contributed by atoms with Crippen LogP contribution in [0.5, 0.6) is 17.2 Å². The van der Waals surface area contributed by atoms with Crippen molar-refractivity contribution >= 4 is 21.6 Å². The molecule has 3 aromatic rings. The van der Waals surface area contributed by atoms with Crippen LogP contribution in [-0.2, 0) is 28.8 Å². The van der Waals surface area contributed by atoms with Crippen LogP contribution >= 0.6 is 7.60 Å². The van der Waals surface area contributed by atoms with Gasteiger partial charge in [0, 0.05) is 19.2 Å². The van der Waals surface area contributed by atoms with Gasteiger partial charge in [-0.3, -0.25) is 0 Å². The van der Waals surface area contributed by atoms with Gasteiger partial charge in [0.05, 0.1) is 12.8 Å². The van der Waals surface area contributed by atoms with E-state index in [1.54, 1.807) is 24.3 Å². The molecular weight excluding hydrogens is 551 g/mol. The van der Waals surface area contributed by atoms with Gasteiger partial charge in [-0.05, 0) is 68.1 Å². The number of hydrogen-bond acceptors (Lipinski definition) is 6. The quantitative estimate of drug-likeness (QED) is 0.0855. The molecule has 1 aliphatic heterocycles. The Bertz CT molecular complexity index is 1400. The van der Waals surface area contributed by atoms with Crippen molar-refractivity contribution in [2.45, 2.75) is 65.9 Å². The Kier molecular flexibility index (Phi) is 9.83. The Morgan fingerprint density at radius 3 is 2.10 bits per heavy atom. The fraction of sp³-hybridized carbons (Fsp3) is 0.364. The van der Waals surface area contributed by atoms with E-state index in [0.717, 1.165) is 34.7 Å². The molecule has 4 rings (SSSR count). The molecule has 0 saturated heterocycles. The van der Waals surface area contributed by atoms with Crippen molar-refractivity contribution < 1.29 is 27.9 Å². The van der Waals surface area contributed by atoms with Crippen molar-refractivity contribution in [3.63, 3.8) is 0 Å². The number of hydrogen-bond donors (Lipinski definition) is 0. The fourth-order valence-corrected chi connectivity index (χ4v) is 7.46. The number of benzene rings is 3. The largest absolute Gasteiger partial charge is 0.493 e. The van der Waals surface area contributed by atoms with Gasteiger partial charge in [0.2, 0.25) is 0 Å². The highest BCUT2D eigenvalue weighted by atomic mass is 31.2. The first kappa shape index (κ1) is 30.7. The smallest absolute Gasteiger partial charge is 0.434 e. The number of rotatable bonds is 13. The number of carbonyl (C=O) groups excluding carboxylic acids is 1. The van der Waals surface area contributed by atoms with Crippen molar-refractivity contribution in [2.24, 2.45) is 0 Å². The first-order valence-corrected chi connectivity index (χ1v) is 19.6. The molecule has 1 aliphatic rings. The fourth-order valence-electron chi connectivity index (χ4n) is 4.95. The number of ether oxygens (including phenoxy) is 2. The molecule has 0 radical (unpaired) electrons. The molecule has 6 nitrogen and oxygen atoms in total. The van der Waals surface area contributed by atoms with Gasteiger partial charge in [-0.2, -0.15) is 0 Å². The van der Waals surface area contributed by atoms with Gasteiger partial charge in [-0.15, -0.1) is 0 Å². The summed E-state index contributed by atoms with van der Waals surface area (Å²) in [5.74, 6) is 1.28. The zero-order valence-electron chi connectivity index (χ0n) is 25.0. The average Bonchev–Trinajstić information content (AvgIpc) is 3.30. The van der Waals surface area contributed by atoms with E-state index in [2.05, 4.69) is 33.5 Å². The van der Waals surface area contributed by atoms with E-state index in [1.165, 1.54) is 5.56 Å². The van der Waals surface area contributed by atoms with E-state index in [4.69, 9.17) is 18.5 Å². The number of esters is 1. The SMILES string of the molecule is CCc1c(C)c2c(c(OCC[Si](C)(C)C)c1CC=C(C)CP(=O)(Oc1ccccc1)Oc1ccccc1)C(=O)OC2. The summed E-state index contributed by atoms with van der Waals surface area (Å²) >= 11 is 0. The van der Waals surface area contributed by atoms with Gasteiger partial charge in [-0.1, -0.05) is 74.6 Å². The molecule has 0 spiro atoms. The van der Waals surface area contributed by atoms with Crippen molar-refractivity contribution in [1.82, 2.24) is 0 Å². The van der Waals surface area contributed by atoms with Crippen LogP contribution in [0.2, 0.25) is 25.7 Å². The van der Waals surface area contributed by atoms with Gasteiger partial charge in [0.15, 0.2) is 0 Å². The van der Waals surface area contributed by atoms with E-state index in [9.17, 15) is 9.36 Å². The van der Waals surface area contributed by atoms with Crippen LogP contribution in [0.1, 0.15) is 46.5 Å². The summed E-state index contributed by atoms with van der Waals surface area (Å²) in [6, 6.07) is 19.2. The summed E-state index contributed by atoms with van der Waals surface area (Å²) in [4.78, 5) is 12.8. The van der Waals surface area contributed by atoms with Crippen LogP contribution in [0.3, 0.4) is 0 Å². The van der Waals surface area contributed by atoms with Crippen LogP contribution in [0, 0.1) is 6.92 Å². The first-order chi connectivity index (χ1) is 19.5. The Morgan fingerprint density at radius 2 is 1.56 bits per heavy atom. The number of para-hydroxylation sites is 2. The monoisotopic (exact) mass is 592 g/mol. The van der Waals surface area contributed by atoms with E-state index < -0.39 is 15.7 Å². The summed E-state index contributed by atoms with van der Waals surface area (Å²) in [7, 11) is -4.95. The predicted octanol–water partition coefficient (Wildman–Crippen LogP) is 8.78. The molecule has 0 atom stereocenters. The Labute approximate surface area is 245 Å². The lowest BCUT2D eigenvalue weighted by atomic mass is 9.89. The molecule has 0 unspecified atom stereocenters. The molecule has 8 heteroatoms. The molecule has 0 fully saturated rings.